The second kappa shape index (κ2) is 8.12. The molecule has 0 unspecified atom stereocenters. The predicted octanol–water partition coefficient (Wildman–Crippen LogP) is 11.1. The molecule has 0 saturated heterocycles. The summed E-state index contributed by atoms with van der Waals surface area (Å²) < 4.78 is 13.0. The Morgan fingerprint density at radius 3 is 1.29 bits per heavy atom. The van der Waals surface area contributed by atoms with Gasteiger partial charge >= 0.3 is 0 Å². The Balaban J connectivity index is 1.26. The van der Waals surface area contributed by atoms with Gasteiger partial charge in [0.2, 0.25) is 0 Å². The Labute approximate surface area is 235 Å². The van der Waals surface area contributed by atoms with Crippen LogP contribution in [-0.2, 0) is 0 Å². The molecule has 0 amide bonds. The number of furan rings is 2. The van der Waals surface area contributed by atoms with Crippen molar-refractivity contribution in [2.75, 3.05) is 0 Å². The molecule has 0 aliphatic carbocycles. The zero-order chi connectivity index (χ0) is 27.2. The lowest BCUT2D eigenvalue weighted by Crippen LogP contribution is -1.80. The van der Waals surface area contributed by atoms with Crippen molar-refractivity contribution in [1.29, 1.82) is 0 Å². The number of aromatic amines is 1. The zero-order valence-electron chi connectivity index (χ0n) is 22.7. The van der Waals surface area contributed by atoms with Crippen molar-refractivity contribution < 1.29 is 8.83 Å². The highest BCUT2D eigenvalue weighted by molar-refractivity contribution is 6.14. The molecule has 0 spiro atoms. The molecule has 194 valence electrons. The van der Waals surface area contributed by atoms with Crippen molar-refractivity contribution in [2.45, 2.75) is 13.8 Å². The van der Waals surface area contributed by atoms with Gasteiger partial charge in [-0.1, -0.05) is 84.9 Å². The third kappa shape index (κ3) is 3.14. The molecule has 9 aromatic rings. The summed E-state index contributed by atoms with van der Waals surface area (Å²) in [7, 11) is 0. The first-order chi connectivity index (χ1) is 20.1. The Morgan fingerprint density at radius 1 is 0.415 bits per heavy atom. The van der Waals surface area contributed by atoms with E-state index in [1.807, 2.05) is 0 Å². The molecule has 41 heavy (non-hydrogen) atoms. The minimum absolute atomic E-state index is 0.934. The third-order valence-electron chi connectivity index (χ3n) is 8.66. The topological polar surface area (TPSA) is 42.1 Å². The smallest absolute Gasteiger partial charge is 0.143 e. The number of aromatic nitrogens is 1. The molecule has 3 heteroatoms. The van der Waals surface area contributed by atoms with Crippen molar-refractivity contribution >= 4 is 65.7 Å². The summed E-state index contributed by atoms with van der Waals surface area (Å²) in [5.74, 6) is 0. The molecular formula is C38H25NO2. The van der Waals surface area contributed by atoms with Crippen LogP contribution >= 0.6 is 0 Å². The molecule has 0 bridgehead atoms. The van der Waals surface area contributed by atoms with Gasteiger partial charge in [-0.2, -0.15) is 0 Å². The summed E-state index contributed by atoms with van der Waals surface area (Å²) in [6.07, 6.45) is 0. The van der Waals surface area contributed by atoms with E-state index in [2.05, 4.69) is 128 Å². The number of rotatable bonds is 2. The molecule has 0 aliphatic heterocycles. The Morgan fingerprint density at radius 2 is 0.829 bits per heavy atom. The molecule has 1 N–H and O–H groups in total. The van der Waals surface area contributed by atoms with Crippen LogP contribution in [-0.4, -0.2) is 4.98 Å². The fraction of sp³-hybridized carbons (Fsp3) is 0.0526. The average Bonchev–Trinajstić information content (AvgIpc) is 3.69. The molecule has 0 saturated carbocycles. The highest BCUT2D eigenvalue weighted by Gasteiger charge is 2.17. The zero-order valence-corrected chi connectivity index (χ0v) is 22.7. The summed E-state index contributed by atoms with van der Waals surface area (Å²) in [6.45, 7) is 4.21. The minimum Gasteiger partial charge on any atom is -0.455 e. The van der Waals surface area contributed by atoms with Crippen LogP contribution < -0.4 is 0 Å². The maximum atomic E-state index is 6.48. The van der Waals surface area contributed by atoms with Crippen molar-refractivity contribution in [1.82, 2.24) is 4.98 Å². The van der Waals surface area contributed by atoms with Crippen molar-refractivity contribution in [3.63, 3.8) is 0 Å². The first-order valence-electron chi connectivity index (χ1n) is 14.0. The number of nitrogens with one attached hydrogen (secondary N) is 1. The van der Waals surface area contributed by atoms with Crippen LogP contribution in [0.3, 0.4) is 0 Å². The minimum atomic E-state index is 0.934. The highest BCUT2D eigenvalue weighted by Crippen LogP contribution is 2.41. The molecule has 6 aromatic carbocycles. The van der Waals surface area contributed by atoms with Gasteiger partial charge in [0.1, 0.15) is 22.3 Å². The molecule has 0 radical (unpaired) electrons. The predicted molar refractivity (Wildman–Crippen MR) is 171 cm³/mol. The van der Waals surface area contributed by atoms with E-state index in [0.717, 1.165) is 88.3 Å². The van der Waals surface area contributed by atoms with Gasteiger partial charge in [0.05, 0.1) is 0 Å². The van der Waals surface area contributed by atoms with Crippen LogP contribution in [0.25, 0.3) is 87.9 Å². The first kappa shape index (κ1) is 22.5. The molecule has 3 heterocycles. The SMILES string of the molecule is Cc1cccc2c1oc1c(-c3ccc4[nH]c5ccc(-c6cccc7c6oc6c(C)cccc67)cc5c4c3)cccc12. The number of fused-ring (bicyclic) bond motifs is 9. The number of hydrogen-bond acceptors (Lipinski definition) is 2. The van der Waals surface area contributed by atoms with E-state index >= 15 is 0 Å². The standard InChI is InChI=1S/C38H25NO2/c1-21-7-3-11-27-29-13-5-9-25(37(29)40-35(21)27)23-15-17-33-31(19-23)32-20-24(16-18-34(32)39-33)26-10-6-14-30-28-12-4-8-22(2)36(28)41-38(26)30/h3-20,39H,1-2H3. The van der Waals surface area contributed by atoms with Crippen LogP contribution in [0.4, 0.5) is 0 Å². The van der Waals surface area contributed by atoms with Crippen LogP contribution in [0, 0.1) is 13.8 Å². The Kier molecular flexibility index (Phi) is 4.46. The lowest BCUT2D eigenvalue weighted by molar-refractivity contribution is 0.666. The fourth-order valence-electron chi connectivity index (χ4n) is 6.61. The van der Waals surface area contributed by atoms with E-state index in [-0.39, 0.29) is 0 Å². The van der Waals surface area contributed by atoms with Crippen LogP contribution in [0.1, 0.15) is 11.1 Å². The van der Waals surface area contributed by atoms with Crippen LogP contribution in [0.15, 0.2) is 118 Å². The molecule has 3 nitrogen and oxygen atoms in total. The Hall–Kier alpha value is -5.28. The second-order valence-electron chi connectivity index (χ2n) is 11.1. The van der Waals surface area contributed by atoms with Gasteiger partial charge in [-0.15, -0.1) is 0 Å². The fourth-order valence-corrected chi connectivity index (χ4v) is 6.61. The summed E-state index contributed by atoms with van der Waals surface area (Å²) in [5.41, 5.74) is 12.8. The maximum absolute atomic E-state index is 6.48. The van der Waals surface area contributed by atoms with Gasteiger partial charge in [-0.3, -0.25) is 0 Å². The van der Waals surface area contributed by atoms with Crippen LogP contribution in [0.2, 0.25) is 0 Å². The maximum Gasteiger partial charge on any atom is 0.143 e. The van der Waals surface area contributed by atoms with Gasteiger partial charge < -0.3 is 13.8 Å². The van der Waals surface area contributed by atoms with E-state index in [4.69, 9.17) is 8.83 Å². The summed E-state index contributed by atoms with van der Waals surface area (Å²) in [5, 5.41) is 7.00. The van der Waals surface area contributed by atoms with Gasteiger partial charge in [-0.05, 0) is 60.4 Å². The summed E-state index contributed by atoms with van der Waals surface area (Å²) in [4.78, 5) is 3.62. The first-order valence-corrected chi connectivity index (χ1v) is 14.0. The van der Waals surface area contributed by atoms with Gasteiger partial charge in [0.15, 0.2) is 0 Å². The number of H-pyrrole nitrogens is 1. The lowest BCUT2D eigenvalue weighted by Gasteiger charge is -2.05. The van der Waals surface area contributed by atoms with Crippen LogP contribution in [0.5, 0.6) is 0 Å². The van der Waals surface area contributed by atoms with E-state index < -0.39 is 0 Å². The molecule has 3 aromatic heterocycles. The monoisotopic (exact) mass is 527 g/mol. The summed E-state index contributed by atoms with van der Waals surface area (Å²) in [6, 6.07) is 38.9. The van der Waals surface area contributed by atoms with Gasteiger partial charge in [0, 0.05) is 54.5 Å². The van der Waals surface area contributed by atoms with Gasteiger partial charge in [-0.25, -0.2) is 0 Å². The molecule has 0 atom stereocenters. The average molecular weight is 528 g/mol. The highest BCUT2D eigenvalue weighted by atomic mass is 16.3. The number of hydrogen-bond donors (Lipinski definition) is 1. The second-order valence-corrected chi connectivity index (χ2v) is 11.1. The van der Waals surface area contributed by atoms with E-state index in [1.165, 1.54) is 10.8 Å². The number of para-hydroxylation sites is 4. The molecule has 9 rings (SSSR count). The van der Waals surface area contributed by atoms with E-state index in [9.17, 15) is 0 Å². The quantitative estimate of drug-likeness (QED) is 0.243. The summed E-state index contributed by atoms with van der Waals surface area (Å²) >= 11 is 0. The molecular weight excluding hydrogens is 502 g/mol. The number of benzene rings is 6. The normalized spacial score (nSPS) is 12.1. The van der Waals surface area contributed by atoms with Crippen molar-refractivity contribution in [3.05, 3.63) is 120 Å². The lowest BCUT2D eigenvalue weighted by atomic mass is 9.98. The largest absolute Gasteiger partial charge is 0.455 e. The van der Waals surface area contributed by atoms with E-state index in [0.29, 0.717) is 0 Å². The molecule has 0 fully saturated rings. The molecule has 0 aliphatic rings. The third-order valence-corrected chi connectivity index (χ3v) is 8.66. The van der Waals surface area contributed by atoms with E-state index in [1.54, 1.807) is 0 Å². The Bertz CT molecular complexity index is 2330. The number of aryl methyl sites for hydroxylation is 2. The van der Waals surface area contributed by atoms with Crippen molar-refractivity contribution in [3.8, 4) is 22.3 Å². The van der Waals surface area contributed by atoms with Gasteiger partial charge in [0.25, 0.3) is 0 Å². The van der Waals surface area contributed by atoms with Crippen molar-refractivity contribution in [2.24, 2.45) is 0 Å².